The fourth-order valence-electron chi connectivity index (χ4n) is 3.56. The Morgan fingerprint density at radius 3 is 1.94 bits per heavy atom. The van der Waals surface area contributed by atoms with Gasteiger partial charge < -0.3 is 9.47 Å². The summed E-state index contributed by atoms with van der Waals surface area (Å²) in [5, 5.41) is 4.58. The summed E-state index contributed by atoms with van der Waals surface area (Å²) in [7, 11) is -0.722. The molecule has 0 saturated heterocycles. The summed E-state index contributed by atoms with van der Waals surface area (Å²) >= 11 is 0. The lowest BCUT2D eigenvalue weighted by Gasteiger charge is -2.23. The molecule has 0 bridgehead atoms. The minimum Gasteiger partial charge on any atom is -0.497 e. The molecule has 1 heterocycles. The first kappa shape index (κ1) is 20.9. The summed E-state index contributed by atoms with van der Waals surface area (Å²) in [5.41, 5.74) is 3.63. The highest BCUT2D eigenvalue weighted by Gasteiger charge is 2.37. The van der Waals surface area contributed by atoms with E-state index in [1.54, 1.807) is 38.5 Å². The van der Waals surface area contributed by atoms with Crippen molar-refractivity contribution in [3.8, 4) is 11.5 Å². The highest BCUT2D eigenvalue weighted by Crippen LogP contribution is 2.38. The van der Waals surface area contributed by atoms with Crippen molar-refractivity contribution in [3.05, 3.63) is 89.5 Å². The van der Waals surface area contributed by atoms with Gasteiger partial charge in [0.05, 0.1) is 30.9 Å². The van der Waals surface area contributed by atoms with E-state index in [0.29, 0.717) is 17.9 Å². The smallest absolute Gasteiger partial charge is 0.279 e. The third-order valence-electron chi connectivity index (χ3n) is 5.36. The van der Waals surface area contributed by atoms with Crippen LogP contribution >= 0.6 is 0 Å². The predicted molar refractivity (Wildman–Crippen MR) is 120 cm³/mol. The molecule has 160 valence electrons. The molecule has 0 N–H and O–H groups in total. The number of ether oxygens (including phenoxy) is 2. The van der Waals surface area contributed by atoms with Crippen LogP contribution in [0, 0.1) is 6.92 Å². The van der Waals surface area contributed by atoms with E-state index in [4.69, 9.17) is 9.47 Å². The number of benzene rings is 3. The molecule has 1 atom stereocenters. The van der Waals surface area contributed by atoms with E-state index in [-0.39, 0.29) is 4.90 Å². The SMILES string of the molecule is COc1ccc(C2CC(c3ccc(C)cc3)=NN2S(=O)(=O)c2ccc(OC)cc2)cc1. The molecule has 0 amide bonds. The van der Waals surface area contributed by atoms with Gasteiger partial charge in [-0.25, -0.2) is 0 Å². The maximum absolute atomic E-state index is 13.5. The molecule has 0 spiro atoms. The van der Waals surface area contributed by atoms with Crippen LogP contribution in [0.3, 0.4) is 0 Å². The van der Waals surface area contributed by atoms with E-state index in [1.807, 2.05) is 55.5 Å². The highest BCUT2D eigenvalue weighted by atomic mass is 32.2. The summed E-state index contributed by atoms with van der Waals surface area (Å²) in [5.74, 6) is 1.31. The Morgan fingerprint density at radius 2 is 1.39 bits per heavy atom. The van der Waals surface area contributed by atoms with Gasteiger partial charge in [-0.2, -0.15) is 17.9 Å². The van der Waals surface area contributed by atoms with Gasteiger partial charge in [-0.15, -0.1) is 0 Å². The molecule has 4 rings (SSSR count). The largest absolute Gasteiger partial charge is 0.497 e. The van der Waals surface area contributed by atoms with Crippen molar-refractivity contribution in [3.63, 3.8) is 0 Å². The third kappa shape index (κ3) is 4.14. The standard InChI is InChI=1S/C24H24N2O4S/c1-17-4-6-18(7-5-17)23-16-24(19-8-10-20(29-2)11-9-19)26(25-23)31(27,28)22-14-12-21(30-3)13-15-22/h4-15,24H,16H2,1-3H3. The average molecular weight is 437 g/mol. The number of rotatable bonds is 6. The number of hydrogen-bond acceptors (Lipinski definition) is 5. The summed E-state index contributed by atoms with van der Waals surface area (Å²) in [6.45, 7) is 2.01. The Morgan fingerprint density at radius 1 is 0.839 bits per heavy atom. The first-order chi connectivity index (χ1) is 14.9. The van der Waals surface area contributed by atoms with Crippen LogP contribution in [0.1, 0.15) is 29.2 Å². The van der Waals surface area contributed by atoms with Gasteiger partial charge in [0.15, 0.2) is 0 Å². The Bertz CT molecular complexity index is 1190. The second kappa shape index (κ2) is 8.43. The van der Waals surface area contributed by atoms with Gasteiger partial charge in [0, 0.05) is 6.42 Å². The molecular weight excluding hydrogens is 412 g/mol. The van der Waals surface area contributed by atoms with Crippen molar-refractivity contribution < 1.29 is 17.9 Å². The molecule has 1 unspecified atom stereocenters. The van der Waals surface area contributed by atoms with Crippen LogP contribution in [0.4, 0.5) is 0 Å². The summed E-state index contributed by atoms with van der Waals surface area (Å²) in [4.78, 5) is 0.167. The van der Waals surface area contributed by atoms with Crippen LogP contribution in [0.5, 0.6) is 11.5 Å². The molecule has 3 aromatic rings. The van der Waals surface area contributed by atoms with Gasteiger partial charge in [0.2, 0.25) is 0 Å². The van der Waals surface area contributed by atoms with E-state index < -0.39 is 16.1 Å². The van der Waals surface area contributed by atoms with Gasteiger partial charge in [0.1, 0.15) is 11.5 Å². The van der Waals surface area contributed by atoms with Crippen molar-refractivity contribution in [1.82, 2.24) is 4.41 Å². The lowest BCUT2D eigenvalue weighted by Crippen LogP contribution is -2.27. The lowest BCUT2D eigenvalue weighted by atomic mass is 9.98. The first-order valence-corrected chi connectivity index (χ1v) is 11.3. The van der Waals surface area contributed by atoms with Gasteiger partial charge in [-0.1, -0.05) is 42.0 Å². The van der Waals surface area contributed by atoms with Crippen LogP contribution in [-0.4, -0.2) is 32.8 Å². The fourth-order valence-corrected chi connectivity index (χ4v) is 4.99. The molecule has 0 saturated carbocycles. The lowest BCUT2D eigenvalue weighted by molar-refractivity contribution is 0.370. The summed E-state index contributed by atoms with van der Waals surface area (Å²) < 4.78 is 38.7. The van der Waals surface area contributed by atoms with E-state index in [9.17, 15) is 8.42 Å². The topological polar surface area (TPSA) is 68.2 Å². The second-order valence-corrected chi connectivity index (χ2v) is 9.15. The Hall–Kier alpha value is -3.32. The van der Waals surface area contributed by atoms with Crippen molar-refractivity contribution in [2.75, 3.05) is 14.2 Å². The first-order valence-electron chi connectivity index (χ1n) is 9.89. The zero-order chi connectivity index (χ0) is 22.0. The molecule has 0 aromatic heterocycles. The quantitative estimate of drug-likeness (QED) is 0.568. The molecule has 0 fully saturated rings. The van der Waals surface area contributed by atoms with Crippen LogP contribution in [0.25, 0.3) is 0 Å². The van der Waals surface area contributed by atoms with Crippen molar-refractivity contribution in [2.45, 2.75) is 24.3 Å². The zero-order valence-corrected chi connectivity index (χ0v) is 18.5. The van der Waals surface area contributed by atoms with Crippen molar-refractivity contribution in [1.29, 1.82) is 0 Å². The monoisotopic (exact) mass is 436 g/mol. The fraction of sp³-hybridized carbons (Fsp3) is 0.208. The van der Waals surface area contributed by atoms with Crippen molar-refractivity contribution in [2.24, 2.45) is 5.10 Å². The Kier molecular flexibility index (Phi) is 5.69. The normalized spacial score (nSPS) is 16.2. The van der Waals surface area contributed by atoms with Gasteiger partial charge in [-0.05, 0) is 54.4 Å². The van der Waals surface area contributed by atoms with Gasteiger partial charge in [0.25, 0.3) is 10.0 Å². The summed E-state index contributed by atoms with van der Waals surface area (Å²) in [6.07, 6.45) is 0.477. The molecule has 0 radical (unpaired) electrons. The summed E-state index contributed by atoms with van der Waals surface area (Å²) in [6, 6.07) is 21.3. The molecule has 0 aliphatic carbocycles. The van der Waals surface area contributed by atoms with Gasteiger partial charge in [-0.3, -0.25) is 0 Å². The molecule has 3 aromatic carbocycles. The zero-order valence-electron chi connectivity index (χ0n) is 17.6. The number of nitrogens with zero attached hydrogens (tertiary/aromatic N) is 2. The number of sulfonamides is 1. The number of methoxy groups -OCH3 is 2. The number of aryl methyl sites for hydroxylation is 1. The number of hydrazone groups is 1. The molecule has 1 aliphatic rings. The molecule has 6 nitrogen and oxygen atoms in total. The van der Waals surface area contributed by atoms with Gasteiger partial charge >= 0.3 is 0 Å². The minimum absolute atomic E-state index is 0.167. The maximum atomic E-state index is 13.5. The van der Waals surface area contributed by atoms with Crippen LogP contribution in [-0.2, 0) is 10.0 Å². The molecule has 1 aliphatic heterocycles. The van der Waals surface area contributed by atoms with E-state index in [1.165, 1.54) is 4.41 Å². The van der Waals surface area contributed by atoms with E-state index in [0.717, 1.165) is 22.4 Å². The van der Waals surface area contributed by atoms with E-state index >= 15 is 0 Å². The van der Waals surface area contributed by atoms with Crippen LogP contribution in [0.2, 0.25) is 0 Å². The third-order valence-corrected chi connectivity index (χ3v) is 7.06. The van der Waals surface area contributed by atoms with Crippen molar-refractivity contribution >= 4 is 15.7 Å². The van der Waals surface area contributed by atoms with Crippen LogP contribution in [0.15, 0.2) is 82.8 Å². The Labute approximate surface area is 182 Å². The van der Waals surface area contributed by atoms with Crippen LogP contribution < -0.4 is 9.47 Å². The second-order valence-electron chi connectivity index (χ2n) is 7.36. The molecule has 7 heteroatoms. The Balaban J connectivity index is 1.76. The maximum Gasteiger partial charge on any atom is 0.279 e. The minimum atomic E-state index is -3.87. The van der Waals surface area contributed by atoms with E-state index in [2.05, 4.69) is 5.10 Å². The predicted octanol–water partition coefficient (Wildman–Crippen LogP) is 4.55. The number of hydrogen-bond donors (Lipinski definition) is 0. The molecular formula is C24H24N2O4S. The molecule has 31 heavy (non-hydrogen) atoms. The average Bonchev–Trinajstić information content (AvgIpc) is 3.26. The highest BCUT2D eigenvalue weighted by molar-refractivity contribution is 7.89.